The SMILES string of the molecule is NC1CCCc2ccc(OCc3ccno3)cc21. The molecule has 3 rings (SSSR count). The lowest BCUT2D eigenvalue weighted by Gasteiger charge is -2.22. The van der Waals surface area contributed by atoms with E-state index in [4.69, 9.17) is 15.0 Å². The number of fused-ring (bicyclic) bond motifs is 1. The third-order valence-electron chi connectivity index (χ3n) is 3.35. The summed E-state index contributed by atoms with van der Waals surface area (Å²) >= 11 is 0. The normalized spacial score (nSPS) is 18.4. The quantitative estimate of drug-likeness (QED) is 0.901. The molecule has 1 aliphatic carbocycles. The number of aryl methyl sites for hydroxylation is 1. The van der Waals surface area contributed by atoms with Crippen LogP contribution in [0.2, 0.25) is 0 Å². The van der Waals surface area contributed by atoms with E-state index in [0.717, 1.165) is 24.4 Å². The lowest BCUT2D eigenvalue weighted by Crippen LogP contribution is -2.17. The second-order valence-electron chi connectivity index (χ2n) is 4.63. The second kappa shape index (κ2) is 4.82. The Morgan fingerprint density at radius 3 is 3.17 bits per heavy atom. The second-order valence-corrected chi connectivity index (χ2v) is 4.63. The van der Waals surface area contributed by atoms with Gasteiger partial charge in [0.15, 0.2) is 5.76 Å². The Labute approximate surface area is 106 Å². The van der Waals surface area contributed by atoms with Gasteiger partial charge in [-0.25, -0.2) is 0 Å². The summed E-state index contributed by atoms with van der Waals surface area (Å²) in [5.74, 6) is 1.56. The first kappa shape index (κ1) is 11.3. The maximum absolute atomic E-state index is 6.12. The highest BCUT2D eigenvalue weighted by atomic mass is 16.5. The number of rotatable bonds is 3. The molecule has 1 aromatic carbocycles. The van der Waals surface area contributed by atoms with Crippen LogP contribution in [-0.2, 0) is 13.0 Å². The minimum atomic E-state index is 0.141. The number of benzene rings is 1. The molecule has 2 aromatic rings. The standard InChI is InChI=1S/C14H16N2O2/c15-14-3-1-2-10-4-5-11(8-13(10)14)17-9-12-6-7-16-18-12/h4-8,14H,1-3,9,15H2. The minimum absolute atomic E-state index is 0.141. The molecule has 1 aromatic heterocycles. The highest BCUT2D eigenvalue weighted by molar-refractivity contribution is 5.39. The number of ether oxygens (including phenoxy) is 1. The van der Waals surface area contributed by atoms with Crippen LogP contribution in [0.1, 0.15) is 35.8 Å². The van der Waals surface area contributed by atoms with Crippen LogP contribution in [0, 0.1) is 0 Å². The molecule has 0 saturated heterocycles. The fourth-order valence-electron chi connectivity index (χ4n) is 2.37. The zero-order valence-electron chi connectivity index (χ0n) is 10.1. The third-order valence-corrected chi connectivity index (χ3v) is 3.35. The van der Waals surface area contributed by atoms with Gasteiger partial charge in [0.2, 0.25) is 0 Å². The Bertz CT molecular complexity index is 523. The van der Waals surface area contributed by atoms with Crippen LogP contribution in [0.15, 0.2) is 35.0 Å². The monoisotopic (exact) mass is 244 g/mol. The van der Waals surface area contributed by atoms with E-state index in [0.29, 0.717) is 6.61 Å². The summed E-state index contributed by atoms with van der Waals surface area (Å²) in [6.45, 7) is 0.397. The van der Waals surface area contributed by atoms with Gasteiger partial charge in [-0.05, 0) is 42.5 Å². The predicted octanol–water partition coefficient (Wildman–Crippen LogP) is 2.59. The van der Waals surface area contributed by atoms with Crippen molar-refractivity contribution in [2.24, 2.45) is 5.73 Å². The topological polar surface area (TPSA) is 61.3 Å². The van der Waals surface area contributed by atoms with Crippen LogP contribution in [0.3, 0.4) is 0 Å². The van der Waals surface area contributed by atoms with E-state index in [1.165, 1.54) is 17.5 Å². The molecule has 0 radical (unpaired) electrons. The molecule has 1 heterocycles. The molecule has 1 atom stereocenters. The van der Waals surface area contributed by atoms with Gasteiger partial charge in [-0.2, -0.15) is 0 Å². The summed E-state index contributed by atoms with van der Waals surface area (Å²) in [7, 11) is 0. The first-order valence-electron chi connectivity index (χ1n) is 6.24. The van der Waals surface area contributed by atoms with Gasteiger partial charge in [0, 0.05) is 12.1 Å². The van der Waals surface area contributed by atoms with Crippen LogP contribution >= 0.6 is 0 Å². The molecule has 4 heteroatoms. The Morgan fingerprint density at radius 1 is 1.39 bits per heavy atom. The Morgan fingerprint density at radius 2 is 2.33 bits per heavy atom. The van der Waals surface area contributed by atoms with E-state index >= 15 is 0 Å². The zero-order chi connectivity index (χ0) is 12.4. The van der Waals surface area contributed by atoms with Crippen molar-refractivity contribution < 1.29 is 9.26 Å². The van der Waals surface area contributed by atoms with Gasteiger partial charge in [-0.15, -0.1) is 0 Å². The Kier molecular flexibility index (Phi) is 3.02. The molecule has 1 unspecified atom stereocenters. The summed E-state index contributed by atoms with van der Waals surface area (Å²) in [5, 5.41) is 3.64. The molecule has 0 spiro atoms. The van der Waals surface area contributed by atoms with Crippen molar-refractivity contribution in [1.29, 1.82) is 0 Å². The van der Waals surface area contributed by atoms with Crippen molar-refractivity contribution in [2.45, 2.75) is 31.9 Å². The highest BCUT2D eigenvalue weighted by Crippen LogP contribution is 2.31. The molecule has 0 saturated carbocycles. The van der Waals surface area contributed by atoms with Gasteiger partial charge in [0.05, 0.1) is 6.20 Å². The maximum Gasteiger partial charge on any atom is 0.174 e. The number of aromatic nitrogens is 1. The Hall–Kier alpha value is -1.81. The first-order chi connectivity index (χ1) is 8.83. The molecule has 4 nitrogen and oxygen atoms in total. The molecule has 0 amide bonds. The average Bonchev–Trinajstić information content (AvgIpc) is 2.90. The molecule has 94 valence electrons. The van der Waals surface area contributed by atoms with Crippen molar-refractivity contribution in [3.8, 4) is 5.75 Å². The third kappa shape index (κ3) is 2.24. The van der Waals surface area contributed by atoms with Gasteiger partial charge in [-0.3, -0.25) is 0 Å². The van der Waals surface area contributed by atoms with Gasteiger partial charge < -0.3 is 15.0 Å². The van der Waals surface area contributed by atoms with E-state index in [-0.39, 0.29) is 6.04 Å². The molecule has 0 bridgehead atoms. The van der Waals surface area contributed by atoms with Gasteiger partial charge >= 0.3 is 0 Å². The zero-order valence-corrected chi connectivity index (χ0v) is 10.1. The molecular formula is C14H16N2O2. The van der Waals surface area contributed by atoms with E-state index in [1.807, 2.05) is 6.07 Å². The summed E-state index contributed by atoms with van der Waals surface area (Å²) < 4.78 is 10.7. The number of nitrogens with two attached hydrogens (primary N) is 1. The van der Waals surface area contributed by atoms with E-state index in [1.54, 1.807) is 12.3 Å². The van der Waals surface area contributed by atoms with Crippen molar-refractivity contribution in [3.63, 3.8) is 0 Å². The van der Waals surface area contributed by atoms with Crippen LogP contribution in [0.5, 0.6) is 5.75 Å². The molecular weight excluding hydrogens is 228 g/mol. The number of hydrogen-bond donors (Lipinski definition) is 1. The molecule has 2 N–H and O–H groups in total. The van der Waals surface area contributed by atoms with E-state index in [9.17, 15) is 0 Å². The van der Waals surface area contributed by atoms with Crippen LogP contribution < -0.4 is 10.5 Å². The minimum Gasteiger partial charge on any atom is -0.486 e. The highest BCUT2D eigenvalue weighted by Gasteiger charge is 2.17. The van der Waals surface area contributed by atoms with Crippen LogP contribution in [-0.4, -0.2) is 5.16 Å². The van der Waals surface area contributed by atoms with Crippen molar-refractivity contribution in [1.82, 2.24) is 5.16 Å². The molecule has 1 aliphatic rings. The number of hydrogen-bond acceptors (Lipinski definition) is 4. The lowest BCUT2D eigenvalue weighted by molar-refractivity contribution is 0.249. The van der Waals surface area contributed by atoms with Crippen molar-refractivity contribution >= 4 is 0 Å². The summed E-state index contributed by atoms with van der Waals surface area (Å²) in [4.78, 5) is 0. The largest absolute Gasteiger partial charge is 0.486 e. The fraction of sp³-hybridized carbons (Fsp3) is 0.357. The summed E-state index contributed by atoms with van der Waals surface area (Å²) in [5.41, 5.74) is 8.69. The Balaban J connectivity index is 1.75. The van der Waals surface area contributed by atoms with E-state index < -0.39 is 0 Å². The predicted molar refractivity (Wildman–Crippen MR) is 67.1 cm³/mol. The summed E-state index contributed by atoms with van der Waals surface area (Å²) in [6, 6.07) is 8.10. The smallest absolute Gasteiger partial charge is 0.174 e. The van der Waals surface area contributed by atoms with Crippen LogP contribution in [0.25, 0.3) is 0 Å². The number of nitrogens with zero attached hydrogens (tertiary/aromatic N) is 1. The average molecular weight is 244 g/mol. The first-order valence-corrected chi connectivity index (χ1v) is 6.24. The van der Waals surface area contributed by atoms with Crippen molar-refractivity contribution in [2.75, 3.05) is 0 Å². The van der Waals surface area contributed by atoms with Gasteiger partial charge in [0.25, 0.3) is 0 Å². The maximum atomic E-state index is 6.12. The molecule has 0 aliphatic heterocycles. The summed E-state index contributed by atoms with van der Waals surface area (Å²) in [6.07, 6.45) is 4.96. The van der Waals surface area contributed by atoms with E-state index in [2.05, 4.69) is 17.3 Å². The molecule has 0 fully saturated rings. The van der Waals surface area contributed by atoms with Crippen molar-refractivity contribution in [3.05, 3.63) is 47.3 Å². The van der Waals surface area contributed by atoms with Gasteiger partial charge in [-0.1, -0.05) is 11.2 Å². The van der Waals surface area contributed by atoms with Gasteiger partial charge in [0.1, 0.15) is 12.4 Å². The van der Waals surface area contributed by atoms with Crippen LogP contribution in [0.4, 0.5) is 0 Å². The molecule has 18 heavy (non-hydrogen) atoms. The lowest BCUT2D eigenvalue weighted by atomic mass is 9.88. The fourth-order valence-corrected chi connectivity index (χ4v) is 2.37.